The van der Waals surface area contributed by atoms with Crippen LogP contribution in [0.1, 0.15) is 18.9 Å². The first-order valence-electron chi connectivity index (χ1n) is 6.23. The molecule has 0 saturated heterocycles. The molecule has 1 atom stereocenters. The van der Waals surface area contributed by atoms with E-state index >= 15 is 0 Å². The molecule has 0 aromatic heterocycles. The van der Waals surface area contributed by atoms with Gasteiger partial charge >= 0.3 is 5.97 Å². The molecule has 5 nitrogen and oxygen atoms in total. The Kier molecular flexibility index (Phi) is 5.96. The first-order valence-corrected chi connectivity index (χ1v) is 6.23. The van der Waals surface area contributed by atoms with Crippen LogP contribution < -0.4 is 10.1 Å². The normalized spacial score (nSPS) is 11.8. The second-order valence-corrected chi connectivity index (χ2v) is 4.65. The zero-order valence-electron chi connectivity index (χ0n) is 11.5. The van der Waals surface area contributed by atoms with Gasteiger partial charge in [0.25, 0.3) is 0 Å². The molecule has 6 heteroatoms. The van der Waals surface area contributed by atoms with Crippen molar-refractivity contribution in [3.8, 4) is 5.75 Å². The minimum atomic E-state index is -0.899. The number of carboxylic acids is 1. The summed E-state index contributed by atoms with van der Waals surface area (Å²) in [6.07, 6.45) is 0.0398. The van der Waals surface area contributed by atoms with Crippen LogP contribution in [0.25, 0.3) is 0 Å². The lowest BCUT2D eigenvalue weighted by atomic mass is 10.1. The highest BCUT2D eigenvalue weighted by molar-refractivity contribution is 5.78. The first kappa shape index (κ1) is 15.9. The minimum Gasteiger partial charge on any atom is -0.494 e. The lowest BCUT2D eigenvalue weighted by molar-refractivity contribution is -0.138. The van der Waals surface area contributed by atoms with Crippen molar-refractivity contribution in [2.24, 2.45) is 5.92 Å². The number of amides is 1. The number of carboxylic acid groups (broad SMARTS) is 1. The van der Waals surface area contributed by atoms with Gasteiger partial charge < -0.3 is 15.2 Å². The average molecular weight is 283 g/mol. The Hall–Kier alpha value is -2.11. The number of benzene rings is 1. The Labute approximate surface area is 116 Å². The fourth-order valence-electron chi connectivity index (χ4n) is 1.73. The molecule has 20 heavy (non-hydrogen) atoms. The molecular weight excluding hydrogens is 265 g/mol. The monoisotopic (exact) mass is 283 g/mol. The predicted octanol–water partition coefficient (Wildman–Crippen LogP) is 1.60. The maximum absolute atomic E-state index is 13.4. The van der Waals surface area contributed by atoms with E-state index in [-0.39, 0.29) is 37.0 Å². The minimum absolute atomic E-state index is 0.00254. The molecule has 0 fully saturated rings. The van der Waals surface area contributed by atoms with Crippen LogP contribution in [0.2, 0.25) is 0 Å². The molecule has 0 saturated carbocycles. The standard InChI is InChI=1S/C14H18FNO4/c1-9(5-14(18)19)8-16-13(17)7-10-3-4-12(20-2)11(15)6-10/h3-4,6,9H,5,7-8H2,1-2H3,(H,16,17)(H,18,19). The van der Waals surface area contributed by atoms with Gasteiger partial charge in [0.05, 0.1) is 13.5 Å². The summed E-state index contributed by atoms with van der Waals surface area (Å²) in [7, 11) is 1.37. The van der Waals surface area contributed by atoms with Gasteiger partial charge in [-0.2, -0.15) is 0 Å². The molecule has 1 unspecified atom stereocenters. The fraction of sp³-hybridized carbons (Fsp3) is 0.429. The van der Waals surface area contributed by atoms with Crippen LogP contribution in [0.3, 0.4) is 0 Å². The number of hydrogen-bond acceptors (Lipinski definition) is 3. The number of carbonyl (C=O) groups excluding carboxylic acids is 1. The van der Waals surface area contributed by atoms with Gasteiger partial charge in [0.2, 0.25) is 5.91 Å². The number of aliphatic carboxylic acids is 1. The Morgan fingerprint density at radius 3 is 2.70 bits per heavy atom. The van der Waals surface area contributed by atoms with E-state index in [2.05, 4.69) is 5.32 Å². The molecule has 0 heterocycles. The highest BCUT2D eigenvalue weighted by Crippen LogP contribution is 2.17. The lowest BCUT2D eigenvalue weighted by Crippen LogP contribution is -2.30. The molecular formula is C14H18FNO4. The van der Waals surface area contributed by atoms with Crippen LogP contribution in [-0.4, -0.2) is 30.6 Å². The quantitative estimate of drug-likeness (QED) is 0.797. The van der Waals surface area contributed by atoms with E-state index in [0.29, 0.717) is 5.56 Å². The average Bonchev–Trinajstić information content (AvgIpc) is 2.36. The van der Waals surface area contributed by atoms with Crippen molar-refractivity contribution in [3.05, 3.63) is 29.6 Å². The predicted molar refractivity (Wildman–Crippen MR) is 71.1 cm³/mol. The topological polar surface area (TPSA) is 75.6 Å². The zero-order valence-corrected chi connectivity index (χ0v) is 11.5. The van der Waals surface area contributed by atoms with Gasteiger partial charge in [-0.1, -0.05) is 13.0 Å². The van der Waals surface area contributed by atoms with Crippen LogP contribution >= 0.6 is 0 Å². The second kappa shape index (κ2) is 7.47. The number of nitrogens with one attached hydrogen (secondary N) is 1. The molecule has 2 N–H and O–H groups in total. The molecule has 110 valence electrons. The van der Waals surface area contributed by atoms with Crippen molar-refractivity contribution in [2.75, 3.05) is 13.7 Å². The molecule has 0 aliphatic rings. The number of halogens is 1. The van der Waals surface area contributed by atoms with Crippen LogP contribution in [0, 0.1) is 11.7 Å². The number of methoxy groups -OCH3 is 1. The van der Waals surface area contributed by atoms with E-state index in [1.54, 1.807) is 13.0 Å². The van der Waals surface area contributed by atoms with Crippen molar-refractivity contribution < 1.29 is 23.8 Å². The van der Waals surface area contributed by atoms with Gasteiger partial charge in [0, 0.05) is 13.0 Å². The summed E-state index contributed by atoms with van der Waals surface area (Å²) in [5.74, 6) is -1.71. The molecule has 1 aromatic rings. The summed E-state index contributed by atoms with van der Waals surface area (Å²) >= 11 is 0. The van der Waals surface area contributed by atoms with Crippen molar-refractivity contribution in [2.45, 2.75) is 19.8 Å². The molecule has 0 aliphatic carbocycles. The van der Waals surface area contributed by atoms with Crippen LogP contribution in [0.5, 0.6) is 5.75 Å². The maximum atomic E-state index is 13.4. The van der Waals surface area contributed by atoms with E-state index in [0.717, 1.165) is 0 Å². The molecule has 0 aliphatic heterocycles. The molecule has 0 radical (unpaired) electrons. The Morgan fingerprint density at radius 1 is 1.45 bits per heavy atom. The van der Waals surface area contributed by atoms with E-state index in [4.69, 9.17) is 9.84 Å². The third-order valence-corrected chi connectivity index (χ3v) is 2.75. The third kappa shape index (κ3) is 5.26. The summed E-state index contributed by atoms with van der Waals surface area (Å²) in [5, 5.41) is 11.2. The van der Waals surface area contributed by atoms with Crippen molar-refractivity contribution in [3.63, 3.8) is 0 Å². The second-order valence-electron chi connectivity index (χ2n) is 4.65. The highest BCUT2D eigenvalue weighted by atomic mass is 19.1. The molecule has 1 amide bonds. The smallest absolute Gasteiger partial charge is 0.303 e. The van der Waals surface area contributed by atoms with Gasteiger partial charge in [0.15, 0.2) is 11.6 Å². The Morgan fingerprint density at radius 2 is 2.15 bits per heavy atom. The summed E-state index contributed by atoms with van der Waals surface area (Å²) in [6.45, 7) is 2.02. The van der Waals surface area contributed by atoms with E-state index in [1.807, 2.05) is 0 Å². The van der Waals surface area contributed by atoms with E-state index in [1.165, 1.54) is 19.2 Å². The van der Waals surface area contributed by atoms with Crippen LogP contribution in [0.15, 0.2) is 18.2 Å². The third-order valence-electron chi connectivity index (χ3n) is 2.75. The van der Waals surface area contributed by atoms with E-state index < -0.39 is 11.8 Å². The fourth-order valence-corrected chi connectivity index (χ4v) is 1.73. The Bertz CT molecular complexity index is 490. The number of carbonyl (C=O) groups is 2. The van der Waals surface area contributed by atoms with Gasteiger partial charge in [0.1, 0.15) is 0 Å². The highest BCUT2D eigenvalue weighted by Gasteiger charge is 2.11. The van der Waals surface area contributed by atoms with Crippen LogP contribution in [0.4, 0.5) is 4.39 Å². The first-order chi connectivity index (χ1) is 9.42. The SMILES string of the molecule is COc1ccc(CC(=O)NCC(C)CC(=O)O)cc1F. The zero-order chi connectivity index (χ0) is 15.1. The maximum Gasteiger partial charge on any atom is 0.303 e. The largest absolute Gasteiger partial charge is 0.494 e. The van der Waals surface area contributed by atoms with E-state index in [9.17, 15) is 14.0 Å². The van der Waals surface area contributed by atoms with Gasteiger partial charge in [-0.15, -0.1) is 0 Å². The molecule has 0 spiro atoms. The molecule has 0 bridgehead atoms. The number of rotatable bonds is 7. The molecule has 1 aromatic carbocycles. The van der Waals surface area contributed by atoms with Crippen molar-refractivity contribution >= 4 is 11.9 Å². The summed E-state index contributed by atoms with van der Waals surface area (Å²) in [4.78, 5) is 22.1. The number of hydrogen-bond donors (Lipinski definition) is 2. The molecule has 1 rings (SSSR count). The summed E-state index contributed by atoms with van der Waals surface area (Å²) in [6, 6.07) is 4.33. The van der Waals surface area contributed by atoms with Crippen molar-refractivity contribution in [1.82, 2.24) is 5.32 Å². The summed E-state index contributed by atoms with van der Waals surface area (Å²) in [5.41, 5.74) is 0.534. The number of ether oxygens (including phenoxy) is 1. The Balaban J connectivity index is 2.46. The summed E-state index contributed by atoms with van der Waals surface area (Å²) < 4.78 is 18.2. The van der Waals surface area contributed by atoms with Gasteiger partial charge in [-0.25, -0.2) is 4.39 Å². The van der Waals surface area contributed by atoms with Crippen molar-refractivity contribution in [1.29, 1.82) is 0 Å². The van der Waals surface area contributed by atoms with Gasteiger partial charge in [-0.05, 0) is 23.6 Å². The lowest BCUT2D eigenvalue weighted by Gasteiger charge is -2.10. The van der Waals surface area contributed by atoms with Gasteiger partial charge in [-0.3, -0.25) is 9.59 Å². The van der Waals surface area contributed by atoms with Crippen LogP contribution in [-0.2, 0) is 16.0 Å².